The fraction of sp³-hybridized carbons (Fsp3) is 0.0500. The molecule has 1 heterocycles. The Labute approximate surface area is 167 Å². The van der Waals surface area contributed by atoms with Crippen LogP contribution in [0.15, 0.2) is 73.1 Å². The van der Waals surface area contributed by atoms with Gasteiger partial charge in [-0.3, -0.25) is 9.59 Å². The normalized spacial score (nSPS) is 10.1. The summed E-state index contributed by atoms with van der Waals surface area (Å²) in [7, 11) is 0. The molecule has 3 rings (SSSR count). The van der Waals surface area contributed by atoms with E-state index in [0.29, 0.717) is 26.7 Å². The summed E-state index contributed by atoms with van der Waals surface area (Å²) in [5.41, 5.74) is 1.62. The van der Waals surface area contributed by atoms with Crippen molar-refractivity contribution in [2.45, 2.75) is 6.54 Å². The van der Waals surface area contributed by atoms with E-state index >= 15 is 0 Å². The van der Waals surface area contributed by atoms with Crippen molar-refractivity contribution in [2.75, 3.05) is 0 Å². The number of aromatic nitrogens is 1. The van der Waals surface area contributed by atoms with E-state index in [9.17, 15) is 9.59 Å². The molecular formula is C20H14Cl3NO2. The minimum absolute atomic E-state index is 0. The van der Waals surface area contributed by atoms with Gasteiger partial charge in [0, 0.05) is 33.8 Å². The van der Waals surface area contributed by atoms with Crippen LogP contribution < -0.4 is 17.0 Å². The molecule has 0 N–H and O–H groups in total. The lowest BCUT2D eigenvalue weighted by Gasteiger charge is -2.03. The Kier molecular flexibility index (Phi) is 6.92. The highest BCUT2D eigenvalue weighted by Gasteiger charge is 2.16. The fourth-order valence-electron chi connectivity index (χ4n) is 2.44. The molecule has 0 fully saturated rings. The zero-order valence-corrected chi connectivity index (χ0v) is 15.8. The summed E-state index contributed by atoms with van der Waals surface area (Å²) in [6.07, 6.45) is 3.41. The summed E-state index contributed by atoms with van der Waals surface area (Å²) >= 11 is 11.9. The molecule has 1 aromatic heterocycles. The van der Waals surface area contributed by atoms with E-state index in [1.54, 1.807) is 59.4 Å². The van der Waals surface area contributed by atoms with Crippen molar-refractivity contribution in [3.05, 3.63) is 99.8 Å². The number of carbonyl (C=O) groups is 2. The van der Waals surface area contributed by atoms with Crippen LogP contribution in [0.2, 0.25) is 10.0 Å². The van der Waals surface area contributed by atoms with Crippen molar-refractivity contribution in [3.63, 3.8) is 0 Å². The molecule has 0 bridgehead atoms. The summed E-state index contributed by atoms with van der Waals surface area (Å²) in [5, 5.41) is 0.812. The highest BCUT2D eigenvalue weighted by molar-refractivity contribution is 6.36. The largest absolute Gasteiger partial charge is 1.00 e. The highest BCUT2D eigenvalue weighted by atomic mass is 35.5. The summed E-state index contributed by atoms with van der Waals surface area (Å²) in [5.74, 6) is -0.186. The van der Waals surface area contributed by atoms with Crippen LogP contribution >= 0.6 is 23.2 Å². The lowest BCUT2D eigenvalue weighted by atomic mass is 10.0. The maximum Gasteiger partial charge on any atom is 0.229 e. The quantitative estimate of drug-likeness (QED) is 0.474. The van der Waals surface area contributed by atoms with E-state index in [4.69, 9.17) is 23.2 Å². The lowest BCUT2D eigenvalue weighted by Crippen LogP contribution is -3.00. The third-order valence-electron chi connectivity index (χ3n) is 3.75. The van der Waals surface area contributed by atoms with Crippen LogP contribution in [0.3, 0.4) is 0 Å². The molecule has 0 saturated carbocycles. The van der Waals surface area contributed by atoms with Crippen LogP contribution in [0.5, 0.6) is 0 Å². The first-order valence-electron chi connectivity index (χ1n) is 7.62. The molecule has 0 amide bonds. The van der Waals surface area contributed by atoms with Gasteiger partial charge in [0.05, 0.1) is 5.02 Å². The second-order valence-corrected chi connectivity index (χ2v) is 6.35. The van der Waals surface area contributed by atoms with E-state index < -0.39 is 0 Å². The minimum atomic E-state index is -0.131. The van der Waals surface area contributed by atoms with Gasteiger partial charge in [0.1, 0.15) is 0 Å². The molecule has 6 heteroatoms. The van der Waals surface area contributed by atoms with Gasteiger partial charge >= 0.3 is 0 Å². The first-order chi connectivity index (χ1) is 12.0. The maximum atomic E-state index is 12.4. The van der Waals surface area contributed by atoms with E-state index in [0.717, 1.165) is 0 Å². The molecule has 0 spiro atoms. The zero-order valence-electron chi connectivity index (χ0n) is 13.5. The van der Waals surface area contributed by atoms with Crippen LogP contribution in [0.4, 0.5) is 0 Å². The van der Waals surface area contributed by atoms with Crippen LogP contribution in [0.25, 0.3) is 0 Å². The second-order valence-electron chi connectivity index (χ2n) is 5.50. The summed E-state index contributed by atoms with van der Waals surface area (Å²) in [6, 6.07) is 17.2. The van der Waals surface area contributed by atoms with Crippen molar-refractivity contribution >= 4 is 34.8 Å². The number of rotatable bonds is 5. The molecule has 0 atom stereocenters. The van der Waals surface area contributed by atoms with Gasteiger partial charge in [-0.2, -0.15) is 4.57 Å². The van der Waals surface area contributed by atoms with Gasteiger partial charge in [0.2, 0.25) is 12.3 Å². The number of benzene rings is 2. The van der Waals surface area contributed by atoms with Gasteiger partial charge in [-0.05, 0) is 18.2 Å². The average molecular weight is 407 g/mol. The number of ketones is 2. The molecule has 0 unspecified atom stereocenters. The predicted octanol–water partition coefficient (Wildman–Crippen LogP) is 1.40. The van der Waals surface area contributed by atoms with E-state index in [1.165, 1.54) is 0 Å². The molecule has 3 nitrogen and oxygen atoms in total. The Morgan fingerprint density at radius 1 is 0.846 bits per heavy atom. The lowest BCUT2D eigenvalue weighted by molar-refractivity contribution is -0.683. The fourth-order valence-corrected chi connectivity index (χ4v) is 2.95. The Morgan fingerprint density at radius 3 is 2.08 bits per heavy atom. The second kappa shape index (κ2) is 8.95. The van der Waals surface area contributed by atoms with Gasteiger partial charge in [-0.15, -0.1) is 0 Å². The number of halogens is 3. The monoisotopic (exact) mass is 405 g/mol. The minimum Gasteiger partial charge on any atom is -1.00 e. The van der Waals surface area contributed by atoms with Crippen molar-refractivity contribution < 1.29 is 26.6 Å². The molecule has 0 saturated heterocycles. The Morgan fingerprint density at radius 2 is 1.46 bits per heavy atom. The van der Waals surface area contributed by atoms with Crippen molar-refractivity contribution in [3.8, 4) is 0 Å². The molecule has 0 radical (unpaired) electrons. The summed E-state index contributed by atoms with van der Waals surface area (Å²) in [6.45, 7) is 0.126. The van der Waals surface area contributed by atoms with Gasteiger partial charge in [0.15, 0.2) is 18.2 Å². The van der Waals surface area contributed by atoms with Gasteiger partial charge in [0.25, 0.3) is 0 Å². The van der Waals surface area contributed by atoms with Gasteiger partial charge in [-0.25, -0.2) is 0 Å². The van der Waals surface area contributed by atoms with E-state index in [1.807, 2.05) is 18.2 Å². The maximum absolute atomic E-state index is 12.4. The standard InChI is InChI=1S/C20H14Cl2NO2.ClH/c21-16-6-7-17(18(22)12-16)19(24)13-23-10-8-15(9-11-23)20(25)14-4-2-1-3-5-14;/h1-12H,13H2;1H/q+1;/p-1. The SMILES string of the molecule is O=C(c1ccccc1)c1cc[n+](CC(=O)c2ccc(Cl)cc2Cl)cc1.[Cl-]. The topological polar surface area (TPSA) is 38.0 Å². The Bertz CT molecular complexity index is 926. The molecule has 0 aliphatic rings. The number of Topliss-reactive ketones (excluding diaryl/α,β-unsaturated/α-hetero) is 1. The molecule has 132 valence electrons. The van der Waals surface area contributed by atoms with Gasteiger partial charge in [-0.1, -0.05) is 53.5 Å². The smallest absolute Gasteiger partial charge is 0.229 e. The van der Waals surface area contributed by atoms with E-state index in [-0.39, 0.29) is 30.5 Å². The van der Waals surface area contributed by atoms with Crippen molar-refractivity contribution in [1.82, 2.24) is 0 Å². The molecule has 0 aliphatic carbocycles. The number of nitrogens with zero attached hydrogens (tertiary/aromatic N) is 1. The van der Waals surface area contributed by atoms with Crippen LogP contribution in [0.1, 0.15) is 26.3 Å². The molecule has 26 heavy (non-hydrogen) atoms. The first-order valence-corrected chi connectivity index (χ1v) is 8.37. The van der Waals surface area contributed by atoms with Crippen LogP contribution in [-0.4, -0.2) is 11.6 Å². The summed E-state index contributed by atoms with van der Waals surface area (Å²) in [4.78, 5) is 24.7. The number of hydrogen-bond donors (Lipinski definition) is 0. The zero-order chi connectivity index (χ0) is 17.8. The van der Waals surface area contributed by atoms with Crippen molar-refractivity contribution in [2.24, 2.45) is 0 Å². The predicted molar refractivity (Wildman–Crippen MR) is 97.3 cm³/mol. The molecular weight excluding hydrogens is 393 g/mol. The van der Waals surface area contributed by atoms with E-state index in [2.05, 4.69) is 0 Å². The van der Waals surface area contributed by atoms with Crippen LogP contribution in [0, 0.1) is 0 Å². The molecule has 0 aliphatic heterocycles. The highest BCUT2D eigenvalue weighted by Crippen LogP contribution is 2.21. The number of hydrogen-bond acceptors (Lipinski definition) is 2. The first kappa shape index (κ1) is 20.1. The number of pyridine rings is 1. The van der Waals surface area contributed by atoms with Crippen molar-refractivity contribution in [1.29, 1.82) is 0 Å². The summed E-state index contributed by atoms with van der Waals surface area (Å²) < 4.78 is 1.70. The average Bonchev–Trinajstić information content (AvgIpc) is 2.62. The molecule has 3 aromatic rings. The van der Waals surface area contributed by atoms with Gasteiger partial charge < -0.3 is 12.4 Å². The third kappa shape index (κ3) is 4.70. The Hall–Kier alpha value is -2.20. The van der Waals surface area contributed by atoms with Crippen LogP contribution in [-0.2, 0) is 6.54 Å². The number of carbonyl (C=O) groups excluding carboxylic acids is 2. The third-order valence-corrected chi connectivity index (χ3v) is 4.29. The molecule has 2 aromatic carbocycles. The Balaban J connectivity index is 0.00000243.